The van der Waals surface area contributed by atoms with Crippen molar-refractivity contribution in [3.05, 3.63) is 53.6 Å². The number of pyridine rings is 1. The van der Waals surface area contributed by atoms with Crippen LogP contribution in [0.5, 0.6) is 17.2 Å². The molecule has 0 fully saturated rings. The number of nitrogens with one attached hydrogen (secondary N) is 1. The first-order chi connectivity index (χ1) is 14.0. The van der Waals surface area contributed by atoms with Gasteiger partial charge in [0.15, 0.2) is 11.5 Å². The summed E-state index contributed by atoms with van der Waals surface area (Å²) in [7, 11) is 0. The summed E-state index contributed by atoms with van der Waals surface area (Å²) >= 11 is 6.17. The number of hydrogen-bond donors (Lipinski definition) is 2. The fraction of sp³-hybridized carbons (Fsp3) is 0.261. The van der Waals surface area contributed by atoms with Gasteiger partial charge in [0.2, 0.25) is 6.79 Å². The number of aromatic nitrogens is 1. The molecular weight excluding hydrogens is 388 g/mol. The second kappa shape index (κ2) is 8.21. The number of nitrogens with zero attached hydrogens (tertiary/aromatic N) is 1. The quantitative estimate of drug-likeness (QED) is 0.524. The van der Waals surface area contributed by atoms with E-state index in [1.807, 2.05) is 30.3 Å². The van der Waals surface area contributed by atoms with E-state index < -0.39 is 0 Å². The van der Waals surface area contributed by atoms with E-state index in [1.54, 1.807) is 18.2 Å². The smallest absolute Gasteiger partial charge is 0.231 e. The van der Waals surface area contributed by atoms with Crippen LogP contribution < -0.4 is 14.8 Å². The molecule has 0 radical (unpaired) electrons. The maximum atomic E-state index is 10.4. The minimum Gasteiger partial charge on any atom is -0.507 e. The second-order valence-corrected chi connectivity index (χ2v) is 7.87. The summed E-state index contributed by atoms with van der Waals surface area (Å²) < 4.78 is 11.2. The highest BCUT2D eigenvalue weighted by Gasteiger charge is 2.20. The zero-order valence-electron chi connectivity index (χ0n) is 16.4. The fourth-order valence-corrected chi connectivity index (χ4v) is 3.45. The molecule has 0 saturated heterocycles. The number of para-hydroxylation sites is 1. The highest BCUT2D eigenvalue weighted by Crippen LogP contribution is 2.43. The van der Waals surface area contributed by atoms with Crippen LogP contribution in [0.1, 0.15) is 20.3 Å². The van der Waals surface area contributed by atoms with Gasteiger partial charge >= 0.3 is 0 Å². The molecule has 3 aromatic rings. The maximum Gasteiger partial charge on any atom is 0.231 e. The number of phenols is 1. The molecule has 0 amide bonds. The van der Waals surface area contributed by atoms with Gasteiger partial charge in [0.05, 0.1) is 5.69 Å². The number of phenolic OH excluding ortho intramolecular Hbond substituents is 1. The zero-order valence-corrected chi connectivity index (χ0v) is 17.2. The topological polar surface area (TPSA) is 63.6 Å². The van der Waals surface area contributed by atoms with E-state index in [1.165, 1.54) is 0 Å². The minimum absolute atomic E-state index is 0.130. The third kappa shape index (κ3) is 4.25. The van der Waals surface area contributed by atoms with Gasteiger partial charge in [-0.1, -0.05) is 37.6 Å². The lowest BCUT2D eigenvalue weighted by Crippen LogP contribution is -2.07. The number of aromatic hydroxyl groups is 1. The molecule has 4 rings (SSSR count). The molecule has 1 aliphatic heterocycles. The standard InChI is InChI=1S/C23H23ClN2O3/c1-14(2)8-9-25-22-11-15(17-4-3-5-21-23(17)29-13-28-21)10-19(26-22)18-12-16(24)6-7-20(18)27/h3-7,10-12,14,27H,8-9,13H2,1-2H3,(H,25,26). The summed E-state index contributed by atoms with van der Waals surface area (Å²) in [6.45, 7) is 5.39. The number of fused-ring (bicyclic) bond motifs is 1. The van der Waals surface area contributed by atoms with Crippen molar-refractivity contribution in [3.8, 4) is 39.6 Å². The van der Waals surface area contributed by atoms with Crippen LogP contribution in [0, 0.1) is 5.92 Å². The number of anilines is 1. The average Bonchev–Trinajstić information content (AvgIpc) is 3.18. The first-order valence-electron chi connectivity index (χ1n) is 9.65. The van der Waals surface area contributed by atoms with Gasteiger partial charge in [-0.15, -0.1) is 0 Å². The van der Waals surface area contributed by atoms with Crippen molar-refractivity contribution in [2.75, 3.05) is 18.7 Å². The van der Waals surface area contributed by atoms with Crippen molar-refractivity contribution < 1.29 is 14.6 Å². The van der Waals surface area contributed by atoms with E-state index in [0.717, 1.165) is 35.7 Å². The molecule has 29 heavy (non-hydrogen) atoms. The summed E-state index contributed by atoms with van der Waals surface area (Å²) in [4.78, 5) is 4.72. The van der Waals surface area contributed by atoms with E-state index in [4.69, 9.17) is 26.1 Å². The van der Waals surface area contributed by atoms with E-state index in [-0.39, 0.29) is 12.5 Å². The van der Waals surface area contributed by atoms with Crippen LogP contribution in [0.3, 0.4) is 0 Å². The molecule has 1 aromatic heterocycles. The normalized spacial score (nSPS) is 12.4. The number of halogens is 1. The molecule has 2 N–H and O–H groups in total. The average molecular weight is 411 g/mol. The molecule has 0 unspecified atom stereocenters. The van der Waals surface area contributed by atoms with Crippen LogP contribution in [0.4, 0.5) is 5.82 Å². The third-order valence-corrected chi connectivity index (χ3v) is 5.03. The van der Waals surface area contributed by atoms with Crippen molar-refractivity contribution >= 4 is 17.4 Å². The predicted molar refractivity (Wildman–Crippen MR) is 116 cm³/mol. The molecule has 0 saturated carbocycles. The Balaban J connectivity index is 1.80. The monoisotopic (exact) mass is 410 g/mol. The summed E-state index contributed by atoms with van der Waals surface area (Å²) in [6.07, 6.45) is 1.03. The van der Waals surface area contributed by atoms with Crippen molar-refractivity contribution in [2.24, 2.45) is 5.92 Å². The first-order valence-corrected chi connectivity index (χ1v) is 10.0. The molecular formula is C23H23ClN2O3. The van der Waals surface area contributed by atoms with Crippen molar-refractivity contribution in [1.82, 2.24) is 4.98 Å². The Hall–Kier alpha value is -2.92. The van der Waals surface area contributed by atoms with Gasteiger partial charge in [-0.25, -0.2) is 4.98 Å². The van der Waals surface area contributed by atoms with Gasteiger partial charge in [0.25, 0.3) is 0 Å². The second-order valence-electron chi connectivity index (χ2n) is 7.44. The van der Waals surface area contributed by atoms with Crippen LogP contribution in [0.15, 0.2) is 48.5 Å². The zero-order chi connectivity index (χ0) is 20.4. The Morgan fingerprint density at radius 1 is 1.10 bits per heavy atom. The molecule has 150 valence electrons. The maximum absolute atomic E-state index is 10.4. The highest BCUT2D eigenvalue weighted by molar-refractivity contribution is 6.31. The molecule has 6 heteroatoms. The molecule has 5 nitrogen and oxygen atoms in total. The van der Waals surface area contributed by atoms with Crippen molar-refractivity contribution in [1.29, 1.82) is 0 Å². The lowest BCUT2D eigenvalue weighted by Gasteiger charge is -2.14. The Bertz CT molecular complexity index is 1040. The van der Waals surface area contributed by atoms with Crippen LogP contribution in [-0.4, -0.2) is 23.4 Å². The minimum atomic E-state index is 0.130. The largest absolute Gasteiger partial charge is 0.507 e. The Morgan fingerprint density at radius 3 is 2.79 bits per heavy atom. The molecule has 0 bridgehead atoms. The molecule has 0 aliphatic carbocycles. The van der Waals surface area contributed by atoms with Gasteiger partial charge in [0, 0.05) is 22.7 Å². The van der Waals surface area contributed by atoms with E-state index >= 15 is 0 Å². The number of rotatable bonds is 6. The van der Waals surface area contributed by atoms with E-state index in [2.05, 4.69) is 19.2 Å². The number of hydrogen-bond acceptors (Lipinski definition) is 5. The first kappa shape index (κ1) is 19.4. The van der Waals surface area contributed by atoms with Crippen LogP contribution >= 0.6 is 11.6 Å². The van der Waals surface area contributed by atoms with E-state index in [0.29, 0.717) is 27.9 Å². The van der Waals surface area contributed by atoms with Crippen molar-refractivity contribution in [2.45, 2.75) is 20.3 Å². The van der Waals surface area contributed by atoms with Crippen LogP contribution in [0.2, 0.25) is 5.02 Å². The Labute approximate surface area is 175 Å². The third-order valence-electron chi connectivity index (χ3n) is 4.80. The molecule has 2 heterocycles. The molecule has 0 spiro atoms. The lowest BCUT2D eigenvalue weighted by molar-refractivity contribution is 0.174. The lowest BCUT2D eigenvalue weighted by atomic mass is 10.0. The van der Waals surface area contributed by atoms with Crippen LogP contribution in [-0.2, 0) is 0 Å². The van der Waals surface area contributed by atoms with Gasteiger partial charge < -0.3 is 19.9 Å². The summed E-state index contributed by atoms with van der Waals surface area (Å²) in [5, 5.41) is 14.3. The molecule has 1 aliphatic rings. The summed E-state index contributed by atoms with van der Waals surface area (Å²) in [5.74, 6) is 2.89. The number of ether oxygens (including phenoxy) is 2. The van der Waals surface area contributed by atoms with E-state index in [9.17, 15) is 5.11 Å². The highest BCUT2D eigenvalue weighted by atomic mass is 35.5. The fourth-order valence-electron chi connectivity index (χ4n) is 3.27. The Morgan fingerprint density at radius 2 is 1.97 bits per heavy atom. The SMILES string of the molecule is CC(C)CCNc1cc(-c2cccc3c2OCO3)cc(-c2cc(Cl)ccc2O)n1. The Kier molecular flexibility index (Phi) is 5.49. The summed E-state index contributed by atoms with van der Waals surface area (Å²) in [5.41, 5.74) is 3.04. The number of benzene rings is 2. The summed E-state index contributed by atoms with van der Waals surface area (Å²) in [6, 6.07) is 14.7. The van der Waals surface area contributed by atoms with Crippen molar-refractivity contribution in [3.63, 3.8) is 0 Å². The predicted octanol–water partition coefficient (Wildman–Crippen LogP) is 5.96. The molecule has 2 aromatic carbocycles. The van der Waals surface area contributed by atoms with Gasteiger partial charge in [-0.3, -0.25) is 0 Å². The molecule has 0 atom stereocenters. The van der Waals surface area contributed by atoms with Gasteiger partial charge in [-0.2, -0.15) is 0 Å². The van der Waals surface area contributed by atoms with Gasteiger partial charge in [-0.05, 0) is 54.3 Å². The van der Waals surface area contributed by atoms with Crippen LogP contribution in [0.25, 0.3) is 22.4 Å². The van der Waals surface area contributed by atoms with Gasteiger partial charge in [0.1, 0.15) is 11.6 Å².